The van der Waals surface area contributed by atoms with Crippen LogP contribution in [0.15, 0.2) is 36.5 Å². The molecule has 1 aromatic carbocycles. The van der Waals surface area contributed by atoms with Crippen LogP contribution >= 0.6 is 0 Å². The Morgan fingerprint density at radius 2 is 2.07 bits per heavy atom. The lowest BCUT2D eigenvalue weighted by atomic mass is 9.79. The molecule has 0 amide bonds. The molecule has 0 spiro atoms. The maximum Gasteiger partial charge on any atom is 0.305 e. The first kappa shape index (κ1) is 20.9. The molecule has 0 saturated heterocycles. The highest BCUT2D eigenvalue weighted by molar-refractivity contribution is 5.69. The fourth-order valence-corrected chi connectivity index (χ4v) is 3.43. The minimum absolute atomic E-state index is 0.110. The molecule has 0 saturated carbocycles. The topological polar surface area (TPSA) is 48.4 Å². The molecular weight excluding hydrogens is 362 g/mol. The summed E-state index contributed by atoms with van der Waals surface area (Å²) in [6.45, 7) is 7.54. The van der Waals surface area contributed by atoms with Gasteiger partial charge in [0, 0.05) is 23.7 Å². The van der Waals surface area contributed by atoms with Gasteiger partial charge in [-0.15, -0.1) is 0 Å². The summed E-state index contributed by atoms with van der Waals surface area (Å²) in [5, 5.41) is 0. The highest BCUT2D eigenvalue weighted by atomic mass is 16.5. The number of nitrogens with zero attached hydrogens (tertiary/aromatic N) is 1. The Morgan fingerprint density at radius 1 is 1.21 bits per heavy atom. The number of aromatic nitrogens is 1. The van der Waals surface area contributed by atoms with E-state index in [1.165, 1.54) is 5.56 Å². The molecule has 0 bridgehead atoms. The number of aryl methyl sites for hydroxylation is 1. The Kier molecular flexibility index (Phi) is 6.93. The molecule has 4 heteroatoms. The first-order valence-corrected chi connectivity index (χ1v) is 10.4. The van der Waals surface area contributed by atoms with E-state index in [-0.39, 0.29) is 11.4 Å². The smallest absolute Gasteiger partial charge is 0.305 e. The number of hydrogen-bond acceptors (Lipinski definition) is 4. The Hall–Kier alpha value is -2.80. The molecule has 4 nitrogen and oxygen atoms in total. The number of carbonyl (C=O) groups is 1. The zero-order valence-electron chi connectivity index (χ0n) is 17.6. The average Bonchev–Trinajstić information content (AvgIpc) is 2.71. The second-order valence-electron chi connectivity index (χ2n) is 8.01. The molecule has 1 aromatic heterocycles. The van der Waals surface area contributed by atoms with Crippen molar-refractivity contribution >= 4 is 5.97 Å². The molecule has 1 aliphatic heterocycles. The van der Waals surface area contributed by atoms with Crippen LogP contribution in [0.3, 0.4) is 0 Å². The van der Waals surface area contributed by atoms with Gasteiger partial charge in [-0.3, -0.25) is 4.79 Å². The van der Waals surface area contributed by atoms with Crippen LogP contribution in [0, 0.1) is 11.8 Å². The van der Waals surface area contributed by atoms with Gasteiger partial charge in [-0.05, 0) is 73.8 Å². The summed E-state index contributed by atoms with van der Waals surface area (Å²) in [6.07, 6.45) is 6.04. The third kappa shape index (κ3) is 5.84. The first-order chi connectivity index (χ1) is 14.0. The monoisotopic (exact) mass is 391 g/mol. The van der Waals surface area contributed by atoms with Crippen LogP contribution in [-0.4, -0.2) is 24.2 Å². The van der Waals surface area contributed by atoms with E-state index < -0.39 is 0 Å². The van der Waals surface area contributed by atoms with Crippen LogP contribution in [0.2, 0.25) is 0 Å². The normalized spacial score (nSPS) is 14.2. The van der Waals surface area contributed by atoms with E-state index in [1.807, 2.05) is 31.3 Å². The number of pyridine rings is 1. The van der Waals surface area contributed by atoms with Crippen molar-refractivity contribution in [3.05, 3.63) is 58.9 Å². The Bertz CT molecular complexity index is 904. The lowest BCUT2D eigenvalue weighted by Crippen LogP contribution is -2.26. The zero-order chi connectivity index (χ0) is 20.7. The molecule has 0 unspecified atom stereocenters. The lowest BCUT2D eigenvalue weighted by Gasteiger charge is -2.32. The van der Waals surface area contributed by atoms with Crippen molar-refractivity contribution in [3.8, 4) is 17.6 Å². The first-order valence-electron chi connectivity index (χ1n) is 10.4. The Balaban J connectivity index is 1.57. The van der Waals surface area contributed by atoms with Gasteiger partial charge in [0.25, 0.3) is 0 Å². The van der Waals surface area contributed by atoms with Gasteiger partial charge >= 0.3 is 5.97 Å². The number of benzene rings is 1. The van der Waals surface area contributed by atoms with E-state index in [2.05, 4.69) is 42.8 Å². The fraction of sp³-hybridized carbons (Fsp3) is 0.440. The molecule has 2 heterocycles. The van der Waals surface area contributed by atoms with E-state index in [0.29, 0.717) is 13.0 Å². The van der Waals surface area contributed by atoms with E-state index in [9.17, 15) is 4.79 Å². The maximum atomic E-state index is 11.3. The van der Waals surface area contributed by atoms with Crippen molar-refractivity contribution in [3.63, 3.8) is 0 Å². The number of fused-ring (bicyclic) bond motifs is 1. The van der Waals surface area contributed by atoms with Crippen molar-refractivity contribution in [1.29, 1.82) is 0 Å². The van der Waals surface area contributed by atoms with Crippen molar-refractivity contribution < 1.29 is 14.3 Å². The highest BCUT2D eigenvalue weighted by Crippen LogP contribution is 2.38. The Morgan fingerprint density at radius 3 is 2.83 bits per heavy atom. The largest absolute Gasteiger partial charge is 0.493 e. The lowest BCUT2D eigenvalue weighted by molar-refractivity contribution is -0.143. The molecule has 152 valence electrons. The van der Waals surface area contributed by atoms with Crippen LogP contribution in [-0.2, 0) is 21.4 Å². The third-order valence-corrected chi connectivity index (χ3v) is 5.25. The average molecular weight is 392 g/mol. The summed E-state index contributed by atoms with van der Waals surface area (Å²) < 4.78 is 10.7. The van der Waals surface area contributed by atoms with Gasteiger partial charge in [-0.2, -0.15) is 0 Å². The van der Waals surface area contributed by atoms with Crippen LogP contribution in [0.5, 0.6) is 5.75 Å². The minimum atomic E-state index is -0.117. The van der Waals surface area contributed by atoms with Gasteiger partial charge in [0.1, 0.15) is 11.4 Å². The van der Waals surface area contributed by atoms with Crippen LogP contribution in [0.4, 0.5) is 0 Å². The zero-order valence-corrected chi connectivity index (χ0v) is 17.6. The van der Waals surface area contributed by atoms with Crippen molar-refractivity contribution in [2.75, 3.05) is 13.2 Å². The van der Waals surface area contributed by atoms with Gasteiger partial charge < -0.3 is 9.47 Å². The third-order valence-electron chi connectivity index (χ3n) is 5.25. The van der Waals surface area contributed by atoms with Gasteiger partial charge in [-0.25, -0.2) is 4.98 Å². The van der Waals surface area contributed by atoms with Gasteiger partial charge in [0.05, 0.1) is 13.2 Å². The molecule has 3 rings (SSSR count). The second kappa shape index (κ2) is 9.60. The molecule has 0 aliphatic carbocycles. The number of ether oxygens (including phenoxy) is 2. The van der Waals surface area contributed by atoms with Crippen molar-refractivity contribution in [1.82, 2.24) is 4.98 Å². The number of rotatable bonds is 6. The predicted molar refractivity (Wildman–Crippen MR) is 114 cm³/mol. The van der Waals surface area contributed by atoms with Gasteiger partial charge in [-0.1, -0.05) is 25.8 Å². The number of esters is 1. The minimum Gasteiger partial charge on any atom is -0.493 e. The van der Waals surface area contributed by atoms with Crippen molar-refractivity contribution in [2.45, 2.75) is 58.3 Å². The van der Waals surface area contributed by atoms with Gasteiger partial charge in [0.2, 0.25) is 0 Å². The van der Waals surface area contributed by atoms with E-state index in [4.69, 9.17) is 9.47 Å². The van der Waals surface area contributed by atoms with Crippen molar-refractivity contribution in [2.24, 2.45) is 0 Å². The summed E-state index contributed by atoms with van der Waals surface area (Å²) in [6, 6.07) is 10.2. The molecule has 0 radical (unpaired) electrons. The highest BCUT2D eigenvalue weighted by Gasteiger charge is 2.28. The molecule has 0 fully saturated rings. The molecular formula is C25H29NO3. The molecule has 0 N–H and O–H groups in total. The summed E-state index contributed by atoms with van der Waals surface area (Å²) in [7, 11) is 0. The van der Waals surface area contributed by atoms with E-state index in [1.54, 1.807) is 0 Å². The summed E-state index contributed by atoms with van der Waals surface area (Å²) in [5.74, 6) is 7.23. The summed E-state index contributed by atoms with van der Waals surface area (Å²) >= 11 is 0. The van der Waals surface area contributed by atoms with E-state index in [0.717, 1.165) is 54.9 Å². The molecule has 2 aromatic rings. The predicted octanol–water partition coefficient (Wildman–Crippen LogP) is 4.82. The number of hydrogen-bond donors (Lipinski definition) is 0. The number of carbonyl (C=O) groups excluding carboxylic acids is 1. The quantitative estimate of drug-likeness (QED) is 0.402. The number of unbranched alkanes of at least 4 members (excludes halogenated alkanes) is 1. The molecule has 29 heavy (non-hydrogen) atoms. The second-order valence-corrected chi connectivity index (χ2v) is 8.01. The van der Waals surface area contributed by atoms with Crippen LogP contribution < -0.4 is 4.74 Å². The molecule has 0 atom stereocenters. The summed E-state index contributed by atoms with van der Waals surface area (Å²) in [4.78, 5) is 15.8. The fourth-order valence-electron chi connectivity index (χ4n) is 3.43. The maximum absolute atomic E-state index is 11.3. The standard InChI is InChI=1S/C25H29NO3/c1-4-28-24(27)8-6-5-7-20-10-13-21(26-18-20)12-9-19-11-14-23-22(17-19)25(2,3)15-16-29-23/h10-11,13-14,17-18H,4-8,15-16H2,1-3H3. The Labute approximate surface area is 173 Å². The summed E-state index contributed by atoms with van der Waals surface area (Å²) in [5.41, 5.74) is 4.23. The van der Waals surface area contributed by atoms with E-state index >= 15 is 0 Å². The van der Waals surface area contributed by atoms with Crippen LogP contribution in [0.25, 0.3) is 0 Å². The van der Waals surface area contributed by atoms with Crippen LogP contribution in [0.1, 0.15) is 68.8 Å². The molecule has 1 aliphatic rings. The van der Waals surface area contributed by atoms with Gasteiger partial charge in [0.15, 0.2) is 0 Å². The SMILES string of the molecule is CCOC(=O)CCCCc1ccc(C#Cc2ccc3c(c2)C(C)(C)CCO3)nc1.